The van der Waals surface area contributed by atoms with E-state index in [4.69, 9.17) is 9.26 Å². The first kappa shape index (κ1) is 21.8. The molecule has 0 radical (unpaired) electrons. The Hall–Kier alpha value is -3.98. The van der Waals surface area contributed by atoms with Gasteiger partial charge < -0.3 is 9.26 Å². The highest BCUT2D eigenvalue weighted by Gasteiger charge is 2.18. The van der Waals surface area contributed by atoms with Crippen molar-refractivity contribution < 1.29 is 9.26 Å². The first-order valence-corrected chi connectivity index (χ1v) is 11.6. The molecule has 0 saturated heterocycles. The van der Waals surface area contributed by atoms with Crippen molar-refractivity contribution in [2.75, 3.05) is 7.11 Å². The molecule has 0 bridgehead atoms. The molecule has 0 N–H and O–H groups in total. The number of benzene rings is 2. The summed E-state index contributed by atoms with van der Waals surface area (Å²) in [5.41, 5.74) is 3.77. The zero-order valence-corrected chi connectivity index (χ0v) is 19.8. The summed E-state index contributed by atoms with van der Waals surface area (Å²) >= 11 is 1.30. The Labute approximate surface area is 198 Å². The average Bonchev–Trinajstić information content (AvgIpc) is 3.52. The van der Waals surface area contributed by atoms with Crippen LogP contribution in [0.5, 0.6) is 5.75 Å². The second kappa shape index (κ2) is 8.75. The molecule has 172 valence electrons. The molecule has 5 rings (SSSR count). The molecule has 0 amide bonds. The molecule has 0 fully saturated rings. The minimum absolute atomic E-state index is 0.0623. The minimum atomic E-state index is -0.433. The van der Waals surface area contributed by atoms with Crippen LogP contribution >= 0.6 is 11.3 Å². The molecule has 8 nitrogen and oxygen atoms in total. The summed E-state index contributed by atoms with van der Waals surface area (Å²) in [6, 6.07) is 15.0. The van der Waals surface area contributed by atoms with Crippen molar-refractivity contribution in [2.24, 2.45) is 0 Å². The molecule has 3 aromatic heterocycles. The van der Waals surface area contributed by atoms with Crippen LogP contribution in [0.3, 0.4) is 0 Å². The van der Waals surface area contributed by atoms with Crippen molar-refractivity contribution in [3.8, 4) is 17.1 Å². The maximum Gasteiger partial charge on any atom is 0.332 e. The largest absolute Gasteiger partial charge is 0.497 e. The van der Waals surface area contributed by atoms with Crippen LogP contribution in [0.15, 0.2) is 68.0 Å². The maximum atomic E-state index is 13.4. The van der Waals surface area contributed by atoms with Gasteiger partial charge in [-0.05, 0) is 60.2 Å². The van der Waals surface area contributed by atoms with Crippen molar-refractivity contribution in [1.29, 1.82) is 0 Å². The van der Waals surface area contributed by atoms with Crippen LogP contribution < -0.4 is 16.0 Å². The molecule has 0 atom stereocenters. The number of methoxy groups -OCH3 is 1. The molecule has 5 aromatic rings. The molecule has 9 heteroatoms. The lowest BCUT2D eigenvalue weighted by atomic mass is 10.1. The van der Waals surface area contributed by atoms with E-state index in [2.05, 4.69) is 10.1 Å². The van der Waals surface area contributed by atoms with Crippen molar-refractivity contribution >= 4 is 21.6 Å². The van der Waals surface area contributed by atoms with E-state index in [0.717, 1.165) is 16.7 Å². The Bertz CT molecular complexity index is 1610. The number of rotatable bonds is 6. The highest BCUT2D eigenvalue weighted by Crippen LogP contribution is 2.21. The Balaban J connectivity index is 1.53. The van der Waals surface area contributed by atoms with Crippen LogP contribution in [-0.2, 0) is 13.1 Å². The Kier molecular flexibility index (Phi) is 5.62. The number of hydrogen-bond donors (Lipinski definition) is 0. The van der Waals surface area contributed by atoms with Crippen LogP contribution in [0.4, 0.5) is 0 Å². The fraction of sp³-hybridized carbons (Fsp3) is 0.200. The minimum Gasteiger partial charge on any atom is -0.497 e. The standard InChI is InChI=1S/C25H22N4O4S/c1-15-4-7-18(12-16(15)2)23-26-21(33-27-23)14-28-20-10-11-34-22(20)24(30)29(25(28)31)13-17-5-8-19(32-3)9-6-17/h4-12H,13-14H2,1-3H3. The van der Waals surface area contributed by atoms with Gasteiger partial charge in [0.2, 0.25) is 11.7 Å². The number of thiophene rings is 1. The highest BCUT2D eigenvalue weighted by atomic mass is 32.1. The number of aromatic nitrogens is 4. The normalized spacial score (nSPS) is 11.3. The van der Waals surface area contributed by atoms with Gasteiger partial charge in [0, 0.05) is 5.56 Å². The summed E-state index contributed by atoms with van der Waals surface area (Å²) in [6.45, 7) is 4.28. The van der Waals surface area contributed by atoms with Crippen LogP contribution in [-0.4, -0.2) is 26.4 Å². The zero-order chi connectivity index (χ0) is 23.8. The monoisotopic (exact) mass is 474 g/mol. The van der Waals surface area contributed by atoms with Gasteiger partial charge in [-0.25, -0.2) is 4.79 Å². The fourth-order valence-corrected chi connectivity index (χ4v) is 4.63. The van der Waals surface area contributed by atoms with Crippen molar-refractivity contribution in [1.82, 2.24) is 19.3 Å². The van der Waals surface area contributed by atoms with E-state index in [1.807, 2.05) is 44.2 Å². The topological polar surface area (TPSA) is 92.2 Å². The van der Waals surface area contributed by atoms with Gasteiger partial charge in [-0.15, -0.1) is 11.3 Å². The molecule has 0 spiro atoms. The van der Waals surface area contributed by atoms with Crippen molar-refractivity contribution in [2.45, 2.75) is 26.9 Å². The molecule has 0 saturated carbocycles. The number of fused-ring (bicyclic) bond motifs is 1. The van der Waals surface area contributed by atoms with Gasteiger partial charge in [-0.1, -0.05) is 29.4 Å². The van der Waals surface area contributed by atoms with Crippen LogP contribution in [0.1, 0.15) is 22.6 Å². The molecule has 0 aliphatic rings. The molecule has 34 heavy (non-hydrogen) atoms. The predicted molar refractivity (Wildman–Crippen MR) is 131 cm³/mol. The van der Waals surface area contributed by atoms with Gasteiger partial charge in [0.05, 0.1) is 19.2 Å². The molecular weight excluding hydrogens is 452 g/mol. The molecular formula is C25H22N4O4S. The Morgan fingerprint density at radius 3 is 2.50 bits per heavy atom. The fourth-order valence-electron chi connectivity index (χ4n) is 3.79. The summed E-state index contributed by atoms with van der Waals surface area (Å²) in [5, 5.41) is 5.90. The van der Waals surface area contributed by atoms with Crippen LogP contribution in [0.25, 0.3) is 21.6 Å². The van der Waals surface area contributed by atoms with Gasteiger partial charge in [0.25, 0.3) is 5.56 Å². The van der Waals surface area contributed by atoms with Gasteiger partial charge in [0.1, 0.15) is 17.0 Å². The lowest BCUT2D eigenvalue weighted by Gasteiger charge is -2.11. The molecule has 0 unspecified atom stereocenters. The third-order valence-corrected chi connectivity index (χ3v) is 6.75. The average molecular weight is 475 g/mol. The SMILES string of the molecule is COc1ccc(Cn2c(=O)c3sccc3n(Cc3nc(-c4ccc(C)c(C)c4)no3)c2=O)cc1. The Morgan fingerprint density at radius 1 is 0.971 bits per heavy atom. The third kappa shape index (κ3) is 3.94. The summed E-state index contributed by atoms with van der Waals surface area (Å²) in [4.78, 5) is 31.0. The maximum absolute atomic E-state index is 13.4. The summed E-state index contributed by atoms with van der Waals surface area (Å²) < 4.78 is 13.9. The second-order valence-electron chi connectivity index (χ2n) is 8.05. The van der Waals surface area contributed by atoms with Gasteiger partial charge >= 0.3 is 5.69 Å². The number of hydrogen-bond acceptors (Lipinski definition) is 7. The second-order valence-corrected chi connectivity index (χ2v) is 8.97. The third-order valence-electron chi connectivity index (χ3n) is 5.86. The smallest absolute Gasteiger partial charge is 0.332 e. The first-order valence-electron chi connectivity index (χ1n) is 10.7. The van der Waals surface area contributed by atoms with E-state index in [1.165, 1.54) is 26.0 Å². The van der Waals surface area contributed by atoms with E-state index in [9.17, 15) is 9.59 Å². The highest BCUT2D eigenvalue weighted by molar-refractivity contribution is 7.17. The van der Waals surface area contributed by atoms with E-state index < -0.39 is 5.69 Å². The van der Waals surface area contributed by atoms with E-state index in [0.29, 0.717) is 21.8 Å². The first-order chi connectivity index (χ1) is 16.4. The lowest BCUT2D eigenvalue weighted by Crippen LogP contribution is -2.40. The lowest BCUT2D eigenvalue weighted by molar-refractivity contribution is 0.369. The molecule has 0 aliphatic carbocycles. The zero-order valence-electron chi connectivity index (χ0n) is 18.9. The Morgan fingerprint density at radius 2 is 1.76 bits per heavy atom. The molecule has 0 aliphatic heterocycles. The van der Waals surface area contributed by atoms with Crippen molar-refractivity contribution in [3.05, 3.63) is 97.3 Å². The van der Waals surface area contributed by atoms with E-state index >= 15 is 0 Å². The summed E-state index contributed by atoms with van der Waals surface area (Å²) in [5.74, 6) is 1.45. The van der Waals surface area contributed by atoms with Gasteiger partial charge in [-0.2, -0.15) is 4.98 Å². The number of nitrogens with zero attached hydrogens (tertiary/aromatic N) is 4. The quantitative estimate of drug-likeness (QED) is 0.369. The molecule has 3 heterocycles. The van der Waals surface area contributed by atoms with E-state index in [1.54, 1.807) is 30.7 Å². The van der Waals surface area contributed by atoms with Crippen molar-refractivity contribution in [3.63, 3.8) is 0 Å². The predicted octanol–water partition coefficient (Wildman–Crippen LogP) is 4.00. The van der Waals surface area contributed by atoms with E-state index in [-0.39, 0.29) is 24.5 Å². The molecule has 2 aromatic carbocycles. The van der Waals surface area contributed by atoms with Crippen LogP contribution in [0.2, 0.25) is 0 Å². The summed E-state index contributed by atoms with van der Waals surface area (Å²) in [6.07, 6.45) is 0. The number of aryl methyl sites for hydroxylation is 2. The van der Waals surface area contributed by atoms with Gasteiger partial charge in [0.15, 0.2) is 0 Å². The van der Waals surface area contributed by atoms with Crippen LogP contribution in [0, 0.1) is 13.8 Å². The number of ether oxygens (including phenoxy) is 1. The summed E-state index contributed by atoms with van der Waals surface area (Å²) in [7, 11) is 1.59. The van der Waals surface area contributed by atoms with Gasteiger partial charge in [-0.3, -0.25) is 13.9 Å².